The summed E-state index contributed by atoms with van der Waals surface area (Å²) in [5.74, 6) is 0.982. The maximum atomic E-state index is 13.5. The Hall–Kier alpha value is -3.70. The Kier molecular flexibility index (Phi) is 7.17. The first-order valence-corrected chi connectivity index (χ1v) is 11.5. The van der Waals surface area contributed by atoms with Gasteiger partial charge < -0.3 is 35.3 Å². The zero-order chi connectivity index (χ0) is 25.0. The van der Waals surface area contributed by atoms with E-state index in [4.69, 9.17) is 4.74 Å². The molecule has 4 N–H and O–H groups in total. The molecule has 1 aromatic carbocycles. The third kappa shape index (κ3) is 5.20. The molecule has 35 heavy (non-hydrogen) atoms. The SMILES string of the molecule is Cc1c[nH]c2ncnc(N3CCC(NCCO)(C(=O)Nc4cccc(OC(=O)N(C)C)c4)CC3)c12. The van der Waals surface area contributed by atoms with Gasteiger partial charge in [-0.15, -0.1) is 0 Å². The van der Waals surface area contributed by atoms with Crippen molar-refractivity contribution >= 4 is 34.5 Å². The lowest BCUT2D eigenvalue weighted by molar-refractivity contribution is -0.123. The quantitative estimate of drug-likeness (QED) is 0.402. The largest absolute Gasteiger partial charge is 0.414 e. The number of benzene rings is 1. The number of β-amino-alcohol motifs (C(OH)–C–C–N with tert-alkyl or cyclic N) is 1. The predicted molar refractivity (Wildman–Crippen MR) is 133 cm³/mol. The number of hydrogen-bond donors (Lipinski definition) is 4. The van der Waals surface area contributed by atoms with Crippen molar-refractivity contribution in [2.24, 2.45) is 0 Å². The number of aliphatic hydroxyl groups is 1. The second-order valence-electron chi connectivity index (χ2n) is 8.86. The number of aryl methyl sites for hydroxylation is 1. The van der Waals surface area contributed by atoms with E-state index in [1.165, 1.54) is 4.90 Å². The second kappa shape index (κ2) is 10.3. The molecule has 3 aromatic rings. The molecule has 186 valence electrons. The van der Waals surface area contributed by atoms with E-state index >= 15 is 0 Å². The van der Waals surface area contributed by atoms with Gasteiger partial charge >= 0.3 is 6.09 Å². The van der Waals surface area contributed by atoms with Crippen molar-refractivity contribution in [3.63, 3.8) is 0 Å². The van der Waals surface area contributed by atoms with E-state index in [9.17, 15) is 14.7 Å². The van der Waals surface area contributed by atoms with Gasteiger partial charge in [0.25, 0.3) is 0 Å². The molecule has 1 saturated heterocycles. The molecule has 3 heterocycles. The molecular formula is C24H31N7O4. The van der Waals surface area contributed by atoms with Crippen LogP contribution in [-0.2, 0) is 4.79 Å². The van der Waals surface area contributed by atoms with E-state index in [0.29, 0.717) is 43.9 Å². The van der Waals surface area contributed by atoms with E-state index in [-0.39, 0.29) is 12.5 Å². The number of fused-ring (bicyclic) bond motifs is 1. The van der Waals surface area contributed by atoms with Crippen LogP contribution >= 0.6 is 0 Å². The molecule has 0 bridgehead atoms. The number of carbonyl (C=O) groups excluding carboxylic acids is 2. The maximum absolute atomic E-state index is 13.5. The topological polar surface area (TPSA) is 136 Å². The van der Waals surface area contributed by atoms with Crippen LogP contribution in [0.3, 0.4) is 0 Å². The van der Waals surface area contributed by atoms with E-state index < -0.39 is 11.6 Å². The first-order chi connectivity index (χ1) is 16.8. The Morgan fingerprint density at radius 1 is 1.26 bits per heavy atom. The number of aliphatic hydroxyl groups excluding tert-OH is 1. The van der Waals surface area contributed by atoms with Crippen LogP contribution in [0.5, 0.6) is 5.75 Å². The summed E-state index contributed by atoms with van der Waals surface area (Å²) in [6, 6.07) is 6.72. The number of carbonyl (C=O) groups is 2. The average Bonchev–Trinajstić information content (AvgIpc) is 3.24. The normalized spacial score (nSPS) is 15.1. The fraction of sp³-hybridized carbons (Fsp3) is 0.417. The Labute approximate surface area is 203 Å². The van der Waals surface area contributed by atoms with Crippen LogP contribution in [0.1, 0.15) is 18.4 Å². The monoisotopic (exact) mass is 481 g/mol. The van der Waals surface area contributed by atoms with Crippen molar-refractivity contribution in [3.8, 4) is 5.75 Å². The van der Waals surface area contributed by atoms with Gasteiger partial charge in [0.15, 0.2) is 0 Å². The number of aromatic nitrogens is 3. The van der Waals surface area contributed by atoms with Crippen LogP contribution in [0, 0.1) is 6.92 Å². The Balaban J connectivity index is 1.50. The van der Waals surface area contributed by atoms with Gasteiger partial charge in [0.1, 0.15) is 29.1 Å². The molecule has 1 aliphatic rings. The van der Waals surface area contributed by atoms with E-state index in [1.807, 2.05) is 13.1 Å². The zero-order valence-electron chi connectivity index (χ0n) is 20.2. The highest BCUT2D eigenvalue weighted by atomic mass is 16.6. The molecule has 1 aliphatic heterocycles. The molecule has 2 amide bonds. The molecule has 4 rings (SSSR count). The summed E-state index contributed by atoms with van der Waals surface area (Å²) < 4.78 is 5.30. The summed E-state index contributed by atoms with van der Waals surface area (Å²) in [6.07, 6.45) is 3.99. The molecule has 0 radical (unpaired) electrons. The number of hydrogen-bond acceptors (Lipinski definition) is 8. The van der Waals surface area contributed by atoms with Crippen LogP contribution < -0.4 is 20.3 Å². The lowest BCUT2D eigenvalue weighted by Gasteiger charge is -2.41. The van der Waals surface area contributed by atoms with Crippen molar-refractivity contribution in [1.29, 1.82) is 0 Å². The van der Waals surface area contributed by atoms with Crippen LogP contribution in [-0.4, -0.2) is 82.8 Å². The number of amides is 2. The minimum absolute atomic E-state index is 0.0796. The van der Waals surface area contributed by atoms with Gasteiger partial charge in [0.05, 0.1) is 12.0 Å². The van der Waals surface area contributed by atoms with Crippen LogP contribution in [0.15, 0.2) is 36.8 Å². The first-order valence-electron chi connectivity index (χ1n) is 11.5. The second-order valence-corrected chi connectivity index (χ2v) is 8.86. The summed E-state index contributed by atoms with van der Waals surface area (Å²) >= 11 is 0. The van der Waals surface area contributed by atoms with E-state index in [0.717, 1.165) is 22.4 Å². The molecule has 0 aliphatic carbocycles. The third-order valence-corrected chi connectivity index (χ3v) is 6.24. The first kappa shape index (κ1) is 24.4. The van der Waals surface area contributed by atoms with Gasteiger partial charge in [-0.1, -0.05) is 6.07 Å². The maximum Gasteiger partial charge on any atom is 0.414 e. The van der Waals surface area contributed by atoms with E-state index in [2.05, 4.69) is 30.5 Å². The summed E-state index contributed by atoms with van der Waals surface area (Å²) in [7, 11) is 3.20. The molecule has 0 saturated carbocycles. The highest BCUT2D eigenvalue weighted by Crippen LogP contribution is 2.32. The van der Waals surface area contributed by atoms with Crippen molar-refractivity contribution in [2.45, 2.75) is 25.3 Å². The minimum Gasteiger partial charge on any atom is -0.410 e. The number of rotatable bonds is 7. The zero-order valence-corrected chi connectivity index (χ0v) is 20.2. The lowest BCUT2D eigenvalue weighted by Crippen LogP contribution is -2.61. The highest BCUT2D eigenvalue weighted by Gasteiger charge is 2.41. The van der Waals surface area contributed by atoms with Crippen molar-refractivity contribution in [2.75, 3.05) is 50.6 Å². The molecule has 11 nitrogen and oxygen atoms in total. The van der Waals surface area contributed by atoms with Gasteiger partial charge in [-0.05, 0) is 37.5 Å². The fourth-order valence-corrected chi connectivity index (χ4v) is 4.30. The van der Waals surface area contributed by atoms with Gasteiger partial charge in [0, 0.05) is 51.7 Å². The van der Waals surface area contributed by atoms with Crippen molar-refractivity contribution in [3.05, 3.63) is 42.4 Å². The molecular weight excluding hydrogens is 450 g/mol. The Morgan fingerprint density at radius 2 is 2.03 bits per heavy atom. The van der Waals surface area contributed by atoms with Gasteiger partial charge in [-0.25, -0.2) is 14.8 Å². The van der Waals surface area contributed by atoms with E-state index in [1.54, 1.807) is 44.7 Å². The third-order valence-electron chi connectivity index (χ3n) is 6.24. The average molecular weight is 482 g/mol. The number of nitrogens with one attached hydrogen (secondary N) is 3. The minimum atomic E-state index is -0.866. The molecule has 2 aromatic heterocycles. The number of anilines is 2. The summed E-state index contributed by atoms with van der Waals surface area (Å²) in [5.41, 5.74) is 1.51. The van der Waals surface area contributed by atoms with Gasteiger partial charge in [-0.2, -0.15) is 0 Å². The van der Waals surface area contributed by atoms with Crippen molar-refractivity contribution in [1.82, 2.24) is 25.2 Å². The molecule has 0 unspecified atom stereocenters. The number of piperidine rings is 1. The summed E-state index contributed by atoms with van der Waals surface area (Å²) in [4.78, 5) is 40.8. The predicted octanol–water partition coefficient (Wildman–Crippen LogP) is 1.89. The highest BCUT2D eigenvalue weighted by molar-refractivity contribution is 5.99. The summed E-state index contributed by atoms with van der Waals surface area (Å²) in [5, 5.41) is 16.6. The molecule has 1 fully saturated rings. The van der Waals surface area contributed by atoms with Crippen LogP contribution in [0.4, 0.5) is 16.3 Å². The number of ether oxygens (including phenoxy) is 1. The van der Waals surface area contributed by atoms with Gasteiger partial charge in [-0.3, -0.25) is 4.79 Å². The molecule has 11 heteroatoms. The standard InChI is InChI=1S/C24H31N7O4/c1-16-14-25-20-19(16)21(27-15-26-20)31-10-7-24(8-11-31,28-9-12-32)22(33)29-17-5-4-6-18(13-17)35-23(34)30(2)3/h4-6,13-15,28,32H,7-12H2,1-3H3,(H,29,33)(H,25,26,27). The fourth-order valence-electron chi connectivity index (χ4n) is 4.30. The number of nitrogens with zero attached hydrogens (tertiary/aromatic N) is 4. The smallest absolute Gasteiger partial charge is 0.410 e. The van der Waals surface area contributed by atoms with Crippen LogP contribution in [0.25, 0.3) is 11.0 Å². The molecule has 0 spiro atoms. The van der Waals surface area contributed by atoms with Crippen molar-refractivity contribution < 1.29 is 19.4 Å². The Morgan fingerprint density at radius 3 is 2.74 bits per heavy atom. The van der Waals surface area contributed by atoms with Crippen LogP contribution in [0.2, 0.25) is 0 Å². The number of H-pyrrole nitrogens is 1. The Bertz CT molecular complexity index is 1200. The summed E-state index contributed by atoms with van der Waals surface area (Å²) in [6.45, 7) is 3.43. The van der Waals surface area contributed by atoms with Gasteiger partial charge in [0.2, 0.25) is 5.91 Å². The molecule has 0 atom stereocenters. The lowest BCUT2D eigenvalue weighted by atomic mass is 9.86. The number of aromatic amines is 1.